The normalized spacial score (nSPS) is 12.9. The fraction of sp³-hybridized carbons (Fsp3) is 0.700. The minimum Gasteiger partial charge on any atom is -0.467 e. The Morgan fingerprint density at radius 1 is 1.20 bits per heavy atom. The molecule has 0 aromatic heterocycles. The van der Waals surface area contributed by atoms with Gasteiger partial charge in [-0.1, -0.05) is 20.8 Å². The molecule has 0 fully saturated rings. The quantitative estimate of drug-likeness (QED) is 0.542. The molecule has 1 unspecified atom stereocenters. The molecule has 0 saturated carbocycles. The smallest absolute Gasteiger partial charge is 0.336 e. The van der Waals surface area contributed by atoms with Crippen molar-refractivity contribution >= 4 is 17.7 Å². The molecule has 0 rings (SSSR count). The number of amides is 1. The third kappa shape index (κ3) is 4.10. The predicted octanol–water partition coefficient (Wildman–Crippen LogP) is 0.279. The van der Waals surface area contributed by atoms with E-state index in [1.165, 1.54) is 14.0 Å². The van der Waals surface area contributed by atoms with E-state index >= 15 is 0 Å². The van der Waals surface area contributed by atoms with Gasteiger partial charge in [-0.2, -0.15) is 0 Å². The van der Waals surface area contributed by atoms with E-state index in [4.69, 9.17) is 0 Å². The third-order valence-electron chi connectivity index (χ3n) is 1.79. The number of methoxy groups -OCH3 is 1. The van der Waals surface area contributed by atoms with Gasteiger partial charge in [-0.25, -0.2) is 4.79 Å². The summed E-state index contributed by atoms with van der Waals surface area (Å²) >= 11 is 0. The molecule has 0 aliphatic heterocycles. The Labute approximate surface area is 89.2 Å². The zero-order valence-corrected chi connectivity index (χ0v) is 9.71. The summed E-state index contributed by atoms with van der Waals surface area (Å²) in [7, 11) is 1.17. The first-order valence-corrected chi connectivity index (χ1v) is 4.59. The molecule has 0 aliphatic rings. The summed E-state index contributed by atoms with van der Waals surface area (Å²) in [5.74, 6) is -1.56. The van der Waals surface area contributed by atoms with Crippen molar-refractivity contribution in [1.82, 2.24) is 5.32 Å². The van der Waals surface area contributed by atoms with Gasteiger partial charge in [-0.15, -0.1) is 0 Å². The number of carbonyl (C=O) groups excluding carboxylic acids is 3. The number of hydrogen-bond donors (Lipinski definition) is 1. The largest absolute Gasteiger partial charge is 0.467 e. The van der Waals surface area contributed by atoms with Crippen molar-refractivity contribution in [2.45, 2.75) is 33.7 Å². The number of ether oxygens (including phenoxy) is 1. The molecule has 0 saturated heterocycles. The van der Waals surface area contributed by atoms with E-state index in [0.29, 0.717) is 0 Å². The molecule has 0 aromatic carbocycles. The molecule has 0 radical (unpaired) electrons. The standard InChI is InChI=1S/C10H17NO4/c1-6(12)11-7(9(14)15-5)8(13)10(2,3)4/h7H,1-5H3,(H,11,12). The van der Waals surface area contributed by atoms with Gasteiger partial charge in [0.15, 0.2) is 11.8 Å². The zero-order valence-electron chi connectivity index (χ0n) is 9.71. The minimum absolute atomic E-state index is 0.371. The summed E-state index contributed by atoms with van der Waals surface area (Å²) in [5.41, 5.74) is -0.707. The molecule has 5 heteroatoms. The van der Waals surface area contributed by atoms with E-state index in [-0.39, 0.29) is 5.78 Å². The highest BCUT2D eigenvalue weighted by Gasteiger charge is 2.35. The second-order valence-electron chi connectivity index (χ2n) is 4.27. The molecule has 5 nitrogen and oxygen atoms in total. The summed E-state index contributed by atoms with van der Waals surface area (Å²) in [6.07, 6.45) is 0. The maximum Gasteiger partial charge on any atom is 0.336 e. The number of rotatable bonds is 3. The molecular formula is C10H17NO4. The van der Waals surface area contributed by atoms with Gasteiger partial charge in [0.1, 0.15) is 0 Å². The van der Waals surface area contributed by atoms with Crippen LogP contribution in [0, 0.1) is 5.41 Å². The molecule has 1 amide bonds. The van der Waals surface area contributed by atoms with E-state index < -0.39 is 23.3 Å². The highest BCUT2D eigenvalue weighted by atomic mass is 16.5. The molecule has 0 bridgehead atoms. The molecule has 0 aromatic rings. The number of hydrogen-bond acceptors (Lipinski definition) is 4. The fourth-order valence-corrected chi connectivity index (χ4v) is 0.986. The van der Waals surface area contributed by atoms with Gasteiger partial charge in [0.05, 0.1) is 7.11 Å². The van der Waals surface area contributed by atoms with Gasteiger partial charge in [0.25, 0.3) is 0 Å². The van der Waals surface area contributed by atoms with Crippen molar-refractivity contribution in [2.24, 2.45) is 5.41 Å². The van der Waals surface area contributed by atoms with Gasteiger partial charge in [-0.3, -0.25) is 9.59 Å². The Hall–Kier alpha value is -1.39. The van der Waals surface area contributed by atoms with Crippen molar-refractivity contribution < 1.29 is 19.1 Å². The molecule has 0 spiro atoms. The van der Waals surface area contributed by atoms with Crippen molar-refractivity contribution in [3.63, 3.8) is 0 Å². The van der Waals surface area contributed by atoms with Crippen LogP contribution in [0.5, 0.6) is 0 Å². The van der Waals surface area contributed by atoms with Crippen LogP contribution in [0.2, 0.25) is 0 Å². The molecule has 86 valence electrons. The molecule has 1 atom stereocenters. The minimum atomic E-state index is -1.22. The number of carbonyl (C=O) groups is 3. The second kappa shape index (κ2) is 4.91. The highest BCUT2D eigenvalue weighted by molar-refractivity contribution is 6.07. The Balaban J connectivity index is 4.87. The summed E-state index contributed by atoms with van der Waals surface area (Å²) in [5, 5.41) is 2.27. The zero-order chi connectivity index (χ0) is 12.2. The molecule has 0 heterocycles. The van der Waals surface area contributed by atoms with Crippen LogP contribution in [-0.2, 0) is 19.1 Å². The number of Topliss-reactive ketones (excluding diaryl/α,β-unsaturated/α-hetero) is 1. The summed E-state index contributed by atoms with van der Waals surface area (Å²) in [6, 6.07) is -1.22. The van der Waals surface area contributed by atoms with Gasteiger partial charge < -0.3 is 10.1 Å². The summed E-state index contributed by atoms with van der Waals surface area (Å²) in [4.78, 5) is 33.9. The van der Waals surface area contributed by atoms with Crippen LogP contribution in [0.1, 0.15) is 27.7 Å². The summed E-state index contributed by atoms with van der Waals surface area (Å²) in [6.45, 7) is 6.26. The number of ketones is 1. The fourth-order valence-electron chi connectivity index (χ4n) is 0.986. The van der Waals surface area contributed by atoms with Crippen molar-refractivity contribution in [3.8, 4) is 0 Å². The average molecular weight is 215 g/mol. The monoisotopic (exact) mass is 215 g/mol. The first-order valence-electron chi connectivity index (χ1n) is 4.59. The van der Waals surface area contributed by atoms with E-state index in [1.807, 2.05) is 0 Å². The summed E-state index contributed by atoms with van der Waals surface area (Å²) < 4.78 is 4.46. The van der Waals surface area contributed by atoms with E-state index in [0.717, 1.165) is 0 Å². The maximum atomic E-state index is 11.8. The van der Waals surface area contributed by atoms with Crippen LogP contribution in [0.3, 0.4) is 0 Å². The molecule has 1 N–H and O–H groups in total. The van der Waals surface area contributed by atoms with Crippen LogP contribution in [-0.4, -0.2) is 30.8 Å². The molecule has 0 aliphatic carbocycles. The van der Waals surface area contributed by atoms with E-state index in [2.05, 4.69) is 10.1 Å². The Morgan fingerprint density at radius 3 is 1.93 bits per heavy atom. The van der Waals surface area contributed by atoms with Crippen LogP contribution < -0.4 is 5.32 Å². The maximum absolute atomic E-state index is 11.8. The second-order valence-corrected chi connectivity index (χ2v) is 4.27. The van der Waals surface area contributed by atoms with Crippen LogP contribution in [0.25, 0.3) is 0 Å². The van der Waals surface area contributed by atoms with Crippen LogP contribution in [0.15, 0.2) is 0 Å². The van der Waals surface area contributed by atoms with E-state index in [1.54, 1.807) is 20.8 Å². The molecular weight excluding hydrogens is 198 g/mol. The first-order chi connectivity index (χ1) is 6.70. The Morgan fingerprint density at radius 2 is 1.67 bits per heavy atom. The highest BCUT2D eigenvalue weighted by Crippen LogP contribution is 2.17. The SMILES string of the molecule is COC(=O)C(NC(C)=O)C(=O)C(C)(C)C. The lowest BCUT2D eigenvalue weighted by molar-refractivity contribution is -0.150. The van der Waals surface area contributed by atoms with Crippen LogP contribution >= 0.6 is 0 Å². The number of esters is 1. The van der Waals surface area contributed by atoms with Gasteiger partial charge in [0, 0.05) is 12.3 Å². The Bertz CT molecular complexity index is 278. The van der Waals surface area contributed by atoms with Crippen molar-refractivity contribution in [1.29, 1.82) is 0 Å². The van der Waals surface area contributed by atoms with Crippen molar-refractivity contribution in [2.75, 3.05) is 7.11 Å². The van der Waals surface area contributed by atoms with Crippen LogP contribution in [0.4, 0.5) is 0 Å². The molecule has 15 heavy (non-hydrogen) atoms. The van der Waals surface area contributed by atoms with Crippen molar-refractivity contribution in [3.05, 3.63) is 0 Å². The third-order valence-corrected chi connectivity index (χ3v) is 1.79. The van der Waals surface area contributed by atoms with Gasteiger partial charge >= 0.3 is 5.97 Å². The lowest BCUT2D eigenvalue weighted by atomic mass is 9.86. The number of nitrogens with one attached hydrogen (secondary N) is 1. The topological polar surface area (TPSA) is 72.5 Å². The van der Waals surface area contributed by atoms with Gasteiger partial charge in [0.2, 0.25) is 5.91 Å². The Kier molecular flexibility index (Phi) is 4.45. The average Bonchev–Trinajstić information content (AvgIpc) is 2.10. The predicted molar refractivity (Wildman–Crippen MR) is 54.1 cm³/mol. The van der Waals surface area contributed by atoms with E-state index in [9.17, 15) is 14.4 Å². The van der Waals surface area contributed by atoms with Gasteiger partial charge in [-0.05, 0) is 0 Å². The lowest BCUT2D eigenvalue weighted by Gasteiger charge is -2.23. The first kappa shape index (κ1) is 13.6. The lowest BCUT2D eigenvalue weighted by Crippen LogP contribution is -2.50.